The molecule has 3 aromatic rings. The average Bonchev–Trinajstić information content (AvgIpc) is 3.56. The number of aliphatic hydroxyl groups excluding tert-OH is 1. The van der Waals surface area contributed by atoms with Gasteiger partial charge in [0.1, 0.15) is 6.17 Å². The Bertz CT molecular complexity index is 1200. The van der Waals surface area contributed by atoms with Gasteiger partial charge in [0.05, 0.1) is 12.4 Å². The maximum absolute atomic E-state index is 9.31. The Morgan fingerprint density at radius 1 is 1.06 bits per heavy atom. The lowest BCUT2D eigenvalue weighted by molar-refractivity contribution is 0.209. The van der Waals surface area contributed by atoms with Gasteiger partial charge < -0.3 is 19.8 Å². The number of amidine groups is 1. The molecule has 1 atom stereocenters. The molecule has 2 aromatic carbocycles. The molecule has 2 aliphatic rings. The Hall–Kier alpha value is -3.72. The zero-order valence-electron chi connectivity index (χ0n) is 21.0. The zero-order chi connectivity index (χ0) is 24.9. The highest BCUT2D eigenvalue weighted by Gasteiger charge is 2.35. The third-order valence-electron chi connectivity index (χ3n) is 6.79. The maximum Gasteiger partial charge on any atom is 0.180 e. The highest BCUT2D eigenvalue weighted by atomic mass is 16.3. The minimum Gasteiger partial charge on any atom is -0.396 e. The third kappa shape index (κ3) is 4.97. The van der Waals surface area contributed by atoms with Crippen LogP contribution < -0.4 is 0 Å². The fourth-order valence-corrected chi connectivity index (χ4v) is 4.95. The van der Waals surface area contributed by atoms with E-state index < -0.39 is 0 Å². The average molecular weight is 487 g/mol. The summed E-state index contributed by atoms with van der Waals surface area (Å²) in [6, 6.07) is 16.9. The Morgan fingerprint density at radius 2 is 1.86 bits per heavy atom. The second kappa shape index (κ2) is 10.9. The van der Waals surface area contributed by atoms with E-state index in [4.69, 9.17) is 4.99 Å². The number of aromatic nitrogens is 4. The van der Waals surface area contributed by atoms with E-state index in [-0.39, 0.29) is 12.8 Å². The molecule has 0 spiro atoms. The Morgan fingerprint density at radius 3 is 2.58 bits per heavy atom. The molecule has 2 N–H and O–H groups in total. The van der Waals surface area contributed by atoms with E-state index in [1.165, 1.54) is 11.3 Å². The van der Waals surface area contributed by atoms with Crippen molar-refractivity contribution in [1.82, 2.24) is 35.3 Å². The molecule has 0 aliphatic carbocycles. The van der Waals surface area contributed by atoms with E-state index in [0.29, 0.717) is 5.82 Å². The summed E-state index contributed by atoms with van der Waals surface area (Å²) in [5.41, 5.74) is 5.61. The van der Waals surface area contributed by atoms with Crippen LogP contribution in [-0.4, -0.2) is 79.3 Å². The van der Waals surface area contributed by atoms with Crippen molar-refractivity contribution in [1.29, 1.82) is 0 Å². The van der Waals surface area contributed by atoms with Crippen molar-refractivity contribution in [3.63, 3.8) is 0 Å². The molecule has 9 heteroatoms. The summed E-state index contributed by atoms with van der Waals surface area (Å²) in [7, 11) is 2.11. The fourth-order valence-electron chi connectivity index (χ4n) is 4.95. The number of hydrogen-bond acceptors (Lipinski definition) is 8. The molecule has 36 heavy (non-hydrogen) atoms. The molecule has 0 bridgehead atoms. The van der Waals surface area contributed by atoms with E-state index in [0.717, 1.165) is 68.0 Å². The number of fused-ring (bicyclic) bond motifs is 1. The minimum absolute atomic E-state index is 0.144. The Kier molecular flexibility index (Phi) is 7.27. The lowest BCUT2D eigenvalue weighted by Crippen LogP contribution is -2.44. The summed E-state index contributed by atoms with van der Waals surface area (Å²) in [6.07, 6.45) is 6.48. The lowest BCUT2D eigenvalue weighted by Gasteiger charge is -2.36. The van der Waals surface area contributed by atoms with Crippen LogP contribution in [0.4, 0.5) is 0 Å². The van der Waals surface area contributed by atoms with E-state index in [2.05, 4.69) is 85.8 Å². The molecule has 1 aromatic heterocycles. The van der Waals surface area contributed by atoms with E-state index >= 15 is 0 Å². The molecular formula is C27H34N8O. The van der Waals surface area contributed by atoms with E-state index in [1.54, 1.807) is 0 Å². The first kappa shape index (κ1) is 24.0. The van der Waals surface area contributed by atoms with Gasteiger partial charge in [0, 0.05) is 38.5 Å². The molecule has 3 heterocycles. The van der Waals surface area contributed by atoms with Crippen molar-refractivity contribution in [2.45, 2.75) is 45.3 Å². The number of H-pyrrole nitrogens is 1. The molecule has 0 fully saturated rings. The third-order valence-corrected chi connectivity index (χ3v) is 6.79. The molecule has 188 valence electrons. The number of aromatic amines is 1. The van der Waals surface area contributed by atoms with Gasteiger partial charge in [0.25, 0.3) is 0 Å². The first-order valence-electron chi connectivity index (χ1n) is 12.7. The number of unbranched alkanes of at least 4 members (excludes halogenated alkanes) is 1. The van der Waals surface area contributed by atoms with Crippen molar-refractivity contribution >= 4 is 5.84 Å². The molecule has 2 aliphatic heterocycles. The standard InChI is InChI=1S/C27H34N8O/c1-3-4-10-25-28-27-24(18-34(15-7-16-36)19-33(27)2)35(25)17-20-11-13-21(14-12-20)22-8-5-6-9-23(22)26-29-31-32-30-26/h5-6,8-9,11-14,18,25,36H,3-4,7,10,15-17,19H2,1-2H3,(H,29,30,31,32). The summed E-state index contributed by atoms with van der Waals surface area (Å²) >= 11 is 0. The largest absolute Gasteiger partial charge is 0.396 e. The molecule has 1 unspecified atom stereocenters. The minimum atomic E-state index is 0.144. The number of nitrogens with zero attached hydrogens (tertiary/aromatic N) is 7. The van der Waals surface area contributed by atoms with Gasteiger partial charge in [-0.1, -0.05) is 61.9 Å². The predicted molar refractivity (Wildman–Crippen MR) is 140 cm³/mol. The second-order valence-corrected chi connectivity index (χ2v) is 9.44. The van der Waals surface area contributed by atoms with Crippen molar-refractivity contribution in [2.75, 3.05) is 26.9 Å². The van der Waals surface area contributed by atoms with Crippen LogP contribution in [0.3, 0.4) is 0 Å². The Balaban J connectivity index is 1.39. The normalized spacial score (nSPS) is 17.3. The molecule has 0 radical (unpaired) electrons. The molecule has 9 nitrogen and oxygen atoms in total. The predicted octanol–water partition coefficient (Wildman–Crippen LogP) is 3.69. The summed E-state index contributed by atoms with van der Waals surface area (Å²) in [4.78, 5) is 12.1. The van der Waals surface area contributed by atoms with Gasteiger partial charge in [-0.15, -0.1) is 5.10 Å². The monoisotopic (exact) mass is 486 g/mol. The number of tetrazole rings is 1. The van der Waals surface area contributed by atoms with Crippen LogP contribution in [0.1, 0.15) is 38.2 Å². The van der Waals surface area contributed by atoms with Gasteiger partial charge in [-0.3, -0.25) is 0 Å². The maximum atomic E-state index is 9.31. The number of aliphatic hydroxyl groups is 1. The van der Waals surface area contributed by atoms with Crippen LogP contribution in [0, 0.1) is 0 Å². The summed E-state index contributed by atoms with van der Waals surface area (Å²) < 4.78 is 0. The van der Waals surface area contributed by atoms with Crippen molar-refractivity contribution in [3.8, 4) is 22.5 Å². The molecule has 0 saturated carbocycles. The number of benzene rings is 2. The topological polar surface area (TPSA) is 96.8 Å². The van der Waals surface area contributed by atoms with Crippen molar-refractivity contribution in [2.24, 2.45) is 4.99 Å². The van der Waals surface area contributed by atoms with Crippen molar-refractivity contribution in [3.05, 3.63) is 66.0 Å². The molecule has 5 rings (SSSR count). The van der Waals surface area contributed by atoms with Gasteiger partial charge in [0.2, 0.25) is 0 Å². The molecule has 0 amide bonds. The lowest BCUT2D eigenvalue weighted by atomic mass is 9.98. The number of likely N-dealkylation sites (N-methyl/N-ethyl adjacent to an activating group) is 1. The number of rotatable bonds is 10. The van der Waals surface area contributed by atoms with Gasteiger partial charge in [0.15, 0.2) is 11.7 Å². The van der Waals surface area contributed by atoms with Crippen LogP contribution in [0.5, 0.6) is 0 Å². The highest BCUT2D eigenvalue weighted by molar-refractivity contribution is 5.99. The summed E-state index contributed by atoms with van der Waals surface area (Å²) in [6.45, 7) is 4.86. The summed E-state index contributed by atoms with van der Waals surface area (Å²) in [5.74, 6) is 1.73. The first-order valence-corrected chi connectivity index (χ1v) is 12.7. The first-order chi connectivity index (χ1) is 17.7. The quantitative estimate of drug-likeness (QED) is 0.451. The summed E-state index contributed by atoms with van der Waals surface area (Å²) in [5, 5.41) is 23.7. The van der Waals surface area contributed by atoms with Crippen molar-refractivity contribution < 1.29 is 5.11 Å². The Labute approximate surface area is 212 Å². The van der Waals surface area contributed by atoms with Gasteiger partial charge in [-0.05, 0) is 46.4 Å². The SMILES string of the molecule is CCCCC1N=C2C(=CN(CCCO)CN2C)N1Cc1ccc(-c2ccccc2-c2nnn[nH]2)cc1. The fraction of sp³-hybridized carbons (Fsp3) is 0.407. The molecular weight excluding hydrogens is 452 g/mol. The van der Waals surface area contributed by atoms with Gasteiger partial charge >= 0.3 is 0 Å². The van der Waals surface area contributed by atoms with Crippen LogP contribution in [-0.2, 0) is 6.54 Å². The molecule has 0 saturated heterocycles. The van der Waals surface area contributed by atoms with Crippen LogP contribution >= 0.6 is 0 Å². The second-order valence-electron chi connectivity index (χ2n) is 9.44. The van der Waals surface area contributed by atoms with Crippen LogP contribution in [0.2, 0.25) is 0 Å². The number of aliphatic imine (C=N–C) groups is 1. The van der Waals surface area contributed by atoms with E-state index in [9.17, 15) is 5.11 Å². The zero-order valence-corrected chi connectivity index (χ0v) is 21.0. The van der Waals surface area contributed by atoms with Gasteiger partial charge in [-0.25, -0.2) is 10.1 Å². The number of hydrogen-bond donors (Lipinski definition) is 2. The van der Waals surface area contributed by atoms with Gasteiger partial charge in [-0.2, -0.15) is 0 Å². The van der Waals surface area contributed by atoms with Crippen LogP contribution in [0.25, 0.3) is 22.5 Å². The number of nitrogens with one attached hydrogen (secondary N) is 1. The smallest absolute Gasteiger partial charge is 0.180 e. The highest BCUT2D eigenvalue weighted by Crippen LogP contribution is 2.33. The van der Waals surface area contributed by atoms with E-state index in [1.807, 2.05) is 18.2 Å². The van der Waals surface area contributed by atoms with Crippen LogP contribution in [0.15, 0.2) is 65.4 Å².